The van der Waals surface area contributed by atoms with Crippen molar-refractivity contribution in [2.45, 2.75) is 281 Å². The number of hydrogen-bond acceptors (Lipinski definition) is 0. The molecular formula is C90H120Cl2Zr2-2. The smallest absolute Gasteiger partial charge is 0.0430 e. The van der Waals surface area contributed by atoms with Crippen molar-refractivity contribution in [3.8, 4) is 0 Å². The Kier molecular flexibility index (Phi) is 32.7. The van der Waals surface area contributed by atoms with Crippen molar-refractivity contribution >= 4 is 51.5 Å². The van der Waals surface area contributed by atoms with E-state index in [4.69, 9.17) is 0 Å². The molecule has 0 radical (unpaired) electrons. The van der Waals surface area contributed by atoms with Crippen molar-refractivity contribution in [3.63, 3.8) is 0 Å². The Balaban J connectivity index is 0.000000144. The Morgan fingerprint density at radius 1 is 0.223 bits per heavy atom. The van der Waals surface area contributed by atoms with Gasteiger partial charge in [-0.25, -0.2) is 0 Å². The monoisotopic (exact) mass is 1450 g/mol. The molecule has 8 aromatic rings. The van der Waals surface area contributed by atoms with Gasteiger partial charge in [0, 0.05) is 0 Å². The fourth-order valence-corrected chi connectivity index (χ4v) is 21.4. The minimum absolute atomic E-state index is 0. The zero-order valence-corrected chi connectivity index (χ0v) is 64.7. The molecule has 8 aliphatic carbocycles. The van der Waals surface area contributed by atoms with Crippen molar-refractivity contribution in [2.75, 3.05) is 0 Å². The first-order valence-electron chi connectivity index (χ1n) is 39.0. The molecule has 0 nitrogen and oxygen atoms in total. The van der Waals surface area contributed by atoms with Gasteiger partial charge in [0.15, 0.2) is 0 Å². The van der Waals surface area contributed by atoms with E-state index < -0.39 is 0 Å². The predicted octanol–water partition coefficient (Wildman–Crippen LogP) is 21.2. The summed E-state index contributed by atoms with van der Waals surface area (Å²) < 4.78 is 6.68. The molecule has 504 valence electrons. The quantitative estimate of drug-likeness (QED) is 0.107. The fourth-order valence-electron chi connectivity index (χ4n) is 21.4. The third-order valence-electron chi connectivity index (χ3n) is 25.6. The summed E-state index contributed by atoms with van der Waals surface area (Å²) in [6.45, 7) is 0. The van der Waals surface area contributed by atoms with Crippen LogP contribution in [0.4, 0.5) is 0 Å². The molecule has 8 saturated carbocycles. The molecule has 0 bridgehead atoms. The molecule has 0 aliphatic heterocycles. The molecule has 0 spiro atoms. The number of benzene rings is 4. The fraction of sp³-hybridized carbons (Fsp3) is 0.578. The predicted molar refractivity (Wildman–Crippen MR) is 396 cm³/mol. The molecule has 0 saturated heterocycles. The van der Waals surface area contributed by atoms with Crippen LogP contribution in [0.1, 0.15) is 303 Å². The van der Waals surface area contributed by atoms with Crippen LogP contribution in [0.25, 0.3) is 43.1 Å². The van der Waals surface area contributed by atoms with E-state index in [1.807, 2.05) is 0 Å². The van der Waals surface area contributed by atoms with Gasteiger partial charge in [-0.2, -0.15) is 0 Å². The van der Waals surface area contributed by atoms with Crippen LogP contribution in [-0.4, -0.2) is 8.42 Å². The number of fused-ring (bicyclic) bond motifs is 4. The summed E-state index contributed by atoms with van der Waals surface area (Å²) >= 11 is 2.60. The van der Waals surface area contributed by atoms with Gasteiger partial charge < -0.3 is 24.8 Å². The van der Waals surface area contributed by atoms with Crippen LogP contribution in [0.5, 0.6) is 0 Å². The maximum atomic E-state index is 3.34. The van der Waals surface area contributed by atoms with Crippen LogP contribution >= 0.6 is 0 Å². The van der Waals surface area contributed by atoms with Crippen molar-refractivity contribution < 1.29 is 73.3 Å². The molecule has 8 fully saturated rings. The van der Waals surface area contributed by atoms with Gasteiger partial charge in [0.25, 0.3) is 0 Å². The van der Waals surface area contributed by atoms with Crippen LogP contribution in [-0.2, 0) is 48.5 Å². The molecule has 4 heteroatoms. The Bertz CT molecular complexity index is 2800. The summed E-state index contributed by atoms with van der Waals surface area (Å²) in [5.74, 6) is 10.9. The third-order valence-corrected chi connectivity index (χ3v) is 25.6. The Hall–Kier alpha value is -2.59. The first kappa shape index (κ1) is 75.6. The van der Waals surface area contributed by atoms with Gasteiger partial charge in [0.2, 0.25) is 0 Å². The van der Waals surface area contributed by atoms with E-state index in [0.29, 0.717) is 0 Å². The van der Waals surface area contributed by atoms with Crippen LogP contribution in [0.15, 0.2) is 146 Å². The number of hydrogen-bond donors (Lipinski definition) is 0. The van der Waals surface area contributed by atoms with Crippen molar-refractivity contribution in [3.05, 3.63) is 168 Å². The summed E-state index contributed by atoms with van der Waals surface area (Å²) in [5, 5.41) is 12.0. The van der Waals surface area contributed by atoms with Crippen LogP contribution in [0, 0.1) is 47.3 Å². The first-order valence-corrected chi connectivity index (χ1v) is 42.5. The molecule has 8 aromatic carbocycles. The number of rotatable bonds is 12. The van der Waals surface area contributed by atoms with Crippen LogP contribution < -0.4 is 24.8 Å². The first-order chi connectivity index (χ1) is 45.7. The minimum atomic E-state index is 0. The van der Waals surface area contributed by atoms with E-state index in [9.17, 15) is 0 Å². The van der Waals surface area contributed by atoms with Crippen molar-refractivity contribution in [1.82, 2.24) is 0 Å². The summed E-state index contributed by atoms with van der Waals surface area (Å²) in [5.41, 5.74) is 6.76. The van der Waals surface area contributed by atoms with Gasteiger partial charge in [-0.3, -0.25) is 0 Å². The second-order valence-electron chi connectivity index (χ2n) is 30.8. The third kappa shape index (κ3) is 19.5. The standard InChI is InChI=1S/4C22H29.2CH2.2ClH.2Zr/c4*1-3-10-18(11-4-1)22(19-12-5-2-6-13-19)21-16-15-17-9-7-8-14-20(17)21;;;;;;/h4*7-9,14-16,18-19,22H,1-6,10-13H2;2*1H2;2*1H;;/q4*-1;;;;;2*+2/p-2. The van der Waals surface area contributed by atoms with E-state index >= 15 is 0 Å². The maximum Gasteiger partial charge on any atom is -0.0430 e. The molecule has 0 N–H and O–H groups in total. The normalized spacial score (nSPS) is 20.4. The molecule has 0 heterocycles. The van der Waals surface area contributed by atoms with Gasteiger partial charge in [-0.15, -0.1) is 187 Å². The van der Waals surface area contributed by atoms with Gasteiger partial charge >= 0.3 is 56.9 Å². The number of halogens is 2. The second-order valence-corrected chi connectivity index (χ2v) is 30.8. The van der Waals surface area contributed by atoms with Crippen LogP contribution in [0.2, 0.25) is 0 Å². The summed E-state index contributed by atoms with van der Waals surface area (Å²) in [7, 11) is 0. The Morgan fingerprint density at radius 3 is 0.511 bits per heavy atom. The average Bonchev–Trinajstić information content (AvgIpc) is 1.62. The van der Waals surface area contributed by atoms with Crippen molar-refractivity contribution in [1.29, 1.82) is 0 Å². The van der Waals surface area contributed by atoms with E-state index in [2.05, 4.69) is 154 Å². The van der Waals surface area contributed by atoms with E-state index in [1.165, 1.54) is 327 Å². The van der Waals surface area contributed by atoms with E-state index in [1.54, 1.807) is 43.8 Å². The molecule has 8 aliphatic rings. The molecular weight excluding hydrogens is 1330 g/mol. The molecule has 0 atom stereocenters. The Labute approximate surface area is 614 Å². The van der Waals surface area contributed by atoms with Gasteiger partial charge in [-0.05, 0) is 47.3 Å². The SMILES string of the molecule is [CH2]=[Zr+2].[CH2]=[Zr+2].[Cl-].[Cl-].c1ccc2c(C(C3CCCCC3)C3CCCCC3)c[cH-]c2c1.c1ccc2c(C(C3CCCCC3)C3CCCCC3)c[cH-]c2c1.c1ccc2c(C(C3CCCCC3)C3CCCCC3)c[cH-]c2c1.c1ccc2c(C(C3CCCCC3)C3CCCCC3)c[cH-]c2c1. The molecule has 0 unspecified atom stereocenters. The van der Waals surface area contributed by atoms with Gasteiger partial charge in [-0.1, -0.05) is 305 Å². The summed E-state index contributed by atoms with van der Waals surface area (Å²) in [6, 6.07) is 55.6. The average molecular weight is 1460 g/mol. The summed E-state index contributed by atoms with van der Waals surface area (Å²) in [6.07, 6.45) is 58.7. The van der Waals surface area contributed by atoms with E-state index in [0.717, 1.165) is 71.0 Å². The Morgan fingerprint density at radius 2 is 0.362 bits per heavy atom. The van der Waals surface area contributed by atoms with E-state index in [-0.39, 0.29) is 24.8 Å². The second kappa shape index (κ2) is 40.6. The van der Waals surface area contributed by atoms with Gasteiger partial charge in [0.05, 0.1) is 0 Å². The maximum absolute atomic E-state index is 3.34. The zero-order valence-electron chi connectivity index (χ0n) is 58.2. The van der Waals surface area contributed by atoms with Gasteiger partial charge in [0.1, 0.15) is 0 Å². The molecule has 94 heavy (non-hydrogen) atoms. The van der Waals surface area contributed by atoms with Crippen LogP contribution in [0.3, 0.4) is 0 Å². The minimum Gasteiger partial charge on any atom is -1.00 e. The molecule has 16 rings (SSSR count). The van der Waals surface area contributed by atoms with Crippen molar-refractivity contribution in [2.24, 2.45) is 47.3 Å². The topological polar surface area (TPSA) is 0 Å². The largest absolute Gasteiger partial charge is 1.00 e. The summed E-state index contributed by atoms with van der Waals surface area (Å²) in [4.78, 5) is 0. The molecule has 0 amide bonds. The zero-order chi connectivity index (χ0) is 63.1. The molecule has 0 aromatic heterocycles.